The molecular weight excluding hydrogens is 130 g/mol. The predicted octanol–water partition coefficient (Wildman–Crippen LogP) is 0.282. The summed E-state index contributed by atoms with van der Waals surface area (Å²) >= 11 is 0. The standard InChI is InChI=1S/C7H15NO2/c1-5(9)6(10)8-7(2,3)4/h5,9H,1-4H3,(H,8,10). The second-order valence-corrected chi connectivity index (χ2v) is 3.42. The summed E-state index contributed by atoms with van der Waals surface area (Å²) < 4.78 is 0. The molecule has 0 saturated heterocycles. The van der Waals surface area contributed by atoms with Gasteiger partial charge in [0.2, 0.25) is 5.91 Å². The Kier molecular flexibility index (Phi) is 2.84. The Morgan fingerprint density at radius 3 is 2.00 bits per heavy atom. The minimum Gasteiger partial charge on any atom is -0.384 e. The number of carbonyl (C=O) groups excluding carboxylic acids is 1. The van der Waals surface area contributed by atoms with Gasteiger partial charge in [-0.2, -0.15) is 0 Å². The van der Waals surface area contributed by atoms with E-state index in [1.807, 2.05) is 20.8 Å². The van der Waals surface area contributed by atoms with Crippen LogP contribution in [-0.2, 0) is 4.79 Å². The molecule has 60 valence electrons. The third-order valence-electron chi connectivity index (χ3n) is 0.878. The number of aliphatic hydroxyl groups is 1. The summed E-state index contributed by atoms with van der Waals surface area (Å²) in [5.74, 6) is -0.326. The van der Waals surface area contributed by atoms with Gasteiger partial charge in [-0.1, -0.05) is 0 Å². The molecule has 0 spiro atoms. The molecule has 0 saturated carbocycles. The van der Waals surface area contributed by atoms with Crippen molar-refractivity contribution in [1.29, 1.82) is 0 Å². The highest BCUT2D eigenvalue weighted by molar-refractivity contribution is 5.80. The number of amides is 1. The van der Waals surface area contributed by atoms with Crippen molar-refractivity contribution in [1.82, 2.24) is 5.32 Å². The number of rotatable bonds is 1. The maximum atomic E-state index is 10.8. The molecule has 0 aromatic rings. The number of hydrogen-bond acceptors (Lipinski definition) is 2. The van der Waals surface area contributed by atoms with E-state index < -0.39 is 6.10 Å². The van der Waals surface area contributed by atoms with E-state index in [9.17, 15) is 4.79 Å². The van der Waals surface area contributed by atoms with Crippen LogP contribution < -0.4 is 5.32 Å². The topological polar surface area (TPSA) is 49.3 Å². The van der Waals surface area contributed by atoms with Gasteiger partial charge in [-0.25, -0.2) is 0 Å². The van der Waals surface area contributed by atoms with Crippen LogP contribution in [0.1, 0.15) is 27.7 Å². The lowest BCUT2D eigenvalue weighted by Gasteiger charge is -2.21. The zero-order valence-electron chi connectivity index (χ0n) is 6.93. The highest BCUT2D eigenvalue weighted by Gasteiger charge is 2.16. The van der Waals surface area contributed by atoms with Crippen molar-refractivity contribution >= 4 is 5.91 Å². The van der Waals surface area contributed by atoms with E-state index in [1.54, 1.807) is 0 Å². The molecule has 1 unspecified atom stereocenters. The molecule has 10 heavy (non-hydrogen) atoms. The Bertz CT molecular complexity index is 124. The minimum absolute atomic E-state index is 0.256. The first-order valence-electron chi connectivity index (χ1n) is 3.33. The fourth-order valence-corrected chi connectivity index (χ4v) is 0.474. The van der Waals surface area contributed by atoms with Crippen LogP contribution in [0.2, 0.25) is 0 Å². The van der Waals surface area contributed by atoms with E-state index in [-0.39, 0.29) is 11.4 Å². The molecule has 0 fully saturated rings. The molecule has 3 nitrogen and oxygen atoms in total. The van der Waals surface area contributed by atoms with Crippen LogP contribution in [0.3, 0.4) is 0 Å². The summed E-state index contributed by atoms with van der Waals surface area (Å²) in [7, 11) is 0. The van der Waals surface area contributed by atoms with E-state index in [4.69, 9.17) is 5.11 Å². The van der Waals surface area contributed by atoms with Crippen molar-refractivity contribution in [2.75, 3.05) is 0 Å². The number of hydrogen-bond donors (Lipinski definition) is 2. The number of aliphatic hydroxyl groups excluding tert-OH is 1. The maximum absolute atomic E-state index is 10.8. The van der Waals surface area contributed by atoms with Crippen molar-refractivity contribution in [2.45, 2.75) is 39.3 Å². The van der Waals surface area contributed by atoms with Crippen LogP contribution in [0.4, 0.5) is 0 Å². The molecule has 0 aliphatic heterocycles. The third kappa shape index (κ3) is 4.32. The van der Waals surface area contributed by atoms with Crippen LogP contribution >= 0.6 is 0 Å². The Hall–Kier alpha value is -0.570. The summed E-state index contributed by atoms with van der Waals surface area (Å²) in [6.07, 6.45) is -0.917. The highest BCUT2D eigenvalue weighted by Crippen LogP contribution is 1.98. The van der Waals surface area contributed by atoms with Gasteiger partial charge in [0.05, 0.1) is 0 Å². The van der Waals surface area contributed by atoms with Crippen molar-refractivity contribution < 1.29 is 9.90 Å². The van der Waals surface area contributed by atoms with Gasteiger partial charge in [-0.15, -0.1) is 0 Å². The lowest BCUT2D eigenvalue weighted by molar-refractivity contribution is -0.129. The number of carbonyl (C=O) groups is 1. The molecule has 2 N–H and O–H groups in total. The Morgan fingerprint density at radius 1 is 1.50 bits per heavy atom. The molecule has 0 rings (SSSR count). The first-order chi connectivity index (χ1) is 4.33. The van der Waals surface area contributed by atoms with Gasteiger partial charge >= 0.3 is 0 Å². The molecule has 0 aliphatic rings. The largest absolute Gasteiger partial charge is 0.384 e. The first kappa shape index (κ1) is 9.43. The van der Waals surface area contributed by atoms with Crippen LogP contribution in [0.15, 0.2) is 0 Å². The molecule has 0 aromatic carbocycles. The van der Waals surface area contributed by atoms with Crippen molar-refractivity contribution in [2.24, 2.45) is 0 Å². The van der Waals surface area contributed by atoms with Gasteiger partial charge in [-0.05, 0) is 27.7 Å². The second kappa shape index (κ2) is 3.01. The smallest absolute Gasteiger partial charge is 0.248 e. The number of nitrogens with one attached hydrogen (secondary N) is 1. The van der Waals surface area contributed by atoms with Crippen LogP contribution in [0.5, 0.6) is 0 Å². The quantitative estimate of drug-likeness (QED) is 0.557. The summed E-state index contributed by atoms with van der Waals surface area (Å²) in [5.41, 5.74) is -0.256. The molecule has 1 amide bonds. The van der Waals surface area contributed by atoms with Gasteiger partial charge in [0.25, 0.3) is 0 Å². The molecule has 0 aliphatic carbocycles. The van der Waals surface area contributed by atoms with Gasteiger partial charge in [0.1, 0.15) is 6.10 Å². The van der Waals surface area contributed by atoms with Crippen molar-refractivity contribution in [3.8, 4) is 0 Å². The maximum Gasteiger partial charge on any atom is 0.248 e. The Labute approximate surface area is 61.4 Å². The average Bonchev–Trinajstić information content (AvgIpc) is 1.60. The van der Waals surface area contributed by atoms with Gasteiger partial charge in [-0.3, -0.25) is 4.79 Å². The molecular formula is C7H15NO2. The molecule has 0 heterocycles. The summed E-state index contributed by atoms with van der Waals surface area (Å²) in [5, 5.41) is 11.4. The highest BCUT2D eigenvalue weighted by atomic mass is 16.3. The Balaban J connectivity index is 3.81. The van der Waals surface area contributed by atoms with Crippen LogP contribution in [0.25, 0.3) is 0 Å². The molecule has 0 radical (unpaired) electrons. The monoisotopic (exact) mass is 145 g/mol. The normalized spacial score (nSPS) is 14.5. The molecule has 3 heteroatoms. The second-order valence-electron chi connectivity index (χ2n) is 3.42. The van der Waals surface area contributed by atoms with Crippen LogP contribution in [-0.4, -0.2) is 22.7 Å². The zero-order valence-corrected chi connectivity index (χ0v) is 6.93. The van der Waals surface area contributed by atoms with E-state index in [2.05, 4.69) is 5.32 Å². The predicted molar refractivity (Wildman–Crippen MR) is 39.6 cm³/mol. The van der Waals surface area contributed by atoms with Gasteiger partial charge < -0.3 is 10.4 Å². The summed E-state index contributed by atoms with van der Waals surface area (Å²) in [4.78, 5) is 10.8. The van der Waals surface area contributed by atoms with E-state index in [1.165, 1.54) is 6.92 Å². The third-order valence-corrected chi connectivity index (χ3v) is 0.878. The molecule has 0 aromatic heterocycles. The van der Waals surface area contributed by atoms with Crippen molar-refractivity contribution in [3.63, 3.8) is 0 Å². The van der Waals surface area contributed by atoms with Crippen molar-refractivity contribution in [3.05, 3.63) is 0 Å². The fraction of sp³-hybridized carbons (Fsp3) is 0.857. The Morgan fingerprint density at radius 2 is 1.90 bits per heavy atom. The van der Waals surface area contributed by atoms with E-state index in [0.29, 0.717) is 0 Å². The van der Waals surface area contributed by atoms with Gasteiger partial charge in [0.15, 0.2) is 0 Å². The van der Waals surface area contributed by atoms with E-state index >= 15 is 0 Å². The summed E-state index contributed by atoms with van der Waals surface area (Å²) in [6.45, 7) is 7.05. The van der Waals surface area contributed by atoms with Gasteiger partial charge in [0, 0.05) is 5.54 Å². The SMILES string of the molecule is CC(O)C(=O)NC(C)(C)C. The summed E-state index contributed by atoms with van der Waals surface area (Å²) in [6, 6.07) is 0. The van der Waals surface area contributed by atoms with Crippen LogP contribution in [0, 0.1) is 0 Å². The zero-order chi connectivity index (χ0) is 8.36. The lowest BCUT2D eigenvalue weighted by atomic mass is 10.1. The average molecular weight is 145 g/mol. The first-order valence-corrected chi connectivity index (χ1v) is 3.33. The lowest BCUT2D eigenvalue weighted by Crippen LogP contribution is -2.44. The molecule has 0 bridgehead atoms. The minimum atomic E-state index is -0.917. The molecule has 1 atom stereocenters. The fourth-order valence-electron chi connectivity index (χ4n) is 0.474. The van der Waals surface area contributed by atoms with E-state index in [0.717, 1.165) is 0 Å².